The van der Waals surface area contributed by atoms with Crippen molar-refractivity contribution in [3.8, 4) is 0 Å². The van der Waals surface area contributed by atoms with E-state index in [1.807, 2.05) is 10.9 Å². The van der Waals surface area contributed by atoms with Gasteiger partial charge in [0.05, 0.1) is 24.6 Å². The van der Waals surface area contributed by atoms with Crippen molar-refractivity contribution >= 4 is 28.5 Å². The number of hydrogen-bond acceptors (Lipinski definition) is 5. The van der Waals surface area contributed by atoms with E-state index in [1.54, 1.807) is 18.2 Å². The lowest BCUT2D eigenvalue weighted by atomic mass is 9.86. The highest BCUT2D eigenvalue weighted by Gasteiger charge is 2.33. The van der Waals surface area contributed by atoms with Crippen molar-refractivity contribution in [2.75, 3.05) is 12.4 Å². The molecule has 4 rings (SSSR count). The van der Waals surface area contributed by atoms with Crippen LogP contribution in [0.2, 0.25) is 0 Å². The van der Waals surface area contributed by atoms with Crippen LogP contribution in [0.1, 0.15) is 47.9 Å². The molecule has 0 aliphatic heterocycles. The maximum atomic E-state index is 12.8. The van der Waals surface area contributed by atoms with E-state index in [0.29, 0.717) is 5.69 Å². The standard InChI is InChI=1S/C22H21F3N4O3/c1-32-21(31)13-5-8-16(9-6-13)29-12-14-11-15(7-10-17(14)28-29)26-20(30)18-3-2-4-19(27-18)22(23,24)25/h2-4,7,10-13,16H,5-6,8-9H2,1H3,(H,26,30)/t13-,16-. The number of fused-ring (bicyclic) bond motifs is 1. The van der Waals surface area contributed by atoms with Gasteiger partial charge in [-0.15, -0.1) is 0 Å². The van der Waals surface area contributed by atoms with E-state index in [9.17, 15) is 22.8 Å². The summed E-state index contributed by atoms with van der Waals surface area (Å²) in [6.07, 6.45) is 0.325. The van der Waals surface area contributed by atoms with Gasteiger partial charge in [-0.25, -0.2) is 4.98 Å². The molecule has 1 fully saturated rings. The number of rotatable bonds is 4. The Morgan fingerprint density at radius 2 is 1.88 bits per heavy atom. The second-order valence-electron chi connectivity index (χ2n) is 7.77. The number of pyridine rings is 1. The van der Waals surface area contributed by atoms with Gasteiger partial charge in [0.15, 0.2) is 0 Å². The van der Waals surface area contributed by atoms with Crippen molar-refractivity contribution in [2.24, 2.45) is 5.92 Å². The number of anilines is 1. The van der Waals surface area contributed by atoms with Gasteiger partial charge in [0, 0.05) is 17.3 Å². The zero-order chi connectivity index (χ0) is 22.9. The first kappa shape index (κ1) is 21.8. The van der Waals surface area contributed by atoms with Crippen LogP contribution in [-0.2, 0) is 15.7 Å². The quantitative estimate of drug-likeness (QED) is 0.592. The topological polar surface area (TPSA) is 86.1 Å². The summed E-state index contributed by atoms with van der Waals surface area (Å²) in [5.74, 6) is -0.985. The molecule has 7 nitrogen and oxygen atoms in total. The van der Waals surface area contributed by atoms with Gasteiger partial charge in [0.1, 0.15) is 11.4 Å². The number of ether oxygens (including phenoxy) is 1. The van der Waals surface area contributed by atoms with Crippen molar-refractivity contribution < 1.29 is 27.5 Å². The highest BCUT2D eigenvalue weighted by molar-refractivity contribution is 6.03. The molecule has 0 radical (unpaired) electrons. The van der Waals surface area contributed by atoms with Crippen LogP contribution >= 0.6 is 0 Å². The summed E-state index contributed by atoms with van der Waals surface area (Å²) in [6, 6.07) is 8.44. The number of halogens is 3. The monoisotopic (exact) mass is 446 g/mol. The summed E-state index contributed by atoms with van der Waals surface area (Å²) < 4.78 is 45.2. The third-order valence-electron chi connectivity index (χ3n) is 5.66. The van der Waals surface area contributed by atoms with Gasteiger partial charge < -0.3 is 10.1 Å². The van der Waals surface area contributed by atoms with Gasteiger partial charge in [-0.2, -0.15) is 18.3 Å². The predicted molar refractivity (Wildman–Crippen MR) is 110 cm³/mol. The molecule has 0 saturated heterocycles. The van der Waals surface area contributed by atoms with Crippen LogP contribution in [0.25, 0.3) is 10.9 Å². The summed E-state index contributed by atoms with van der Waals surface area (Å²) in [6.45, 7) is 0. The molecule has 1 saturated carbocycles. The fourth-order valence-corrected chi connectivity index (χ4v) is 3.97. The Labute approximate surface area is 181 Å². The number of benzene rings is 1. The van der Waals surface area contributed by atoms with Gasteiger partial charge in [0.25, 0.3) is 5.91 Å². The first-order valence-corrected chi connectivity index (χ1v) is 10.2. The molecule has 0 unspecified atom stereocenters. The maximum absolute atomic E-state index is 12.8. The van der Waals surface area contributed by atoms with Gasteiger partial charge in [-0.3, -0.25) is 14.3 Å². The van der Waals surface area contributed by atoms with E-state index in [-0.39, 0.29) is 23.6 Å². The molecule has 2 aromatic heterocycles. The summed E-state index contributed by atoms with van der Waals surface area (Å²) in [5, 5.41) is 7.97. The molecule has 2 heterocycles. The number of methoxy groups -OCH3 is 1. The van der Waals surface area contributed by atoms with E-state index in [1.165, 1.54) is 13.2 Å². The molecule has 0 bridgehead atoms. The highest BCUT2D eigenvalue weighted by atomic mass is 19.4. The number of nitrogens with one attached hydrogen (secondary N) is 1. The van der Waals surface area contributed by atoms with Crippen molar-refractivity contribution in [3.63, 3.8) is 0 Å². The molecular formula is C22H21F3N4O3. The van der Waals surface area contributed by atoms with Crippen molar-refractivity contribution in [1.82, 2.24) is 14.8 Å². The number of carbonyl (C=O) groups is 2. The van der Waals surface area contributed by atoms with Crippen LogP contribution in [0.5, 0.6) is 0 Å². The highest BCUT2D eigenvalue weighted by Crippen LogP contribution is 2.33. The molecular weight excluding hydrogens is 425 g/mol. The van der Waals surface area contributed by atoms with Crippen molar-refractivity contribution in [1.29, 1.82) is 0 Å². The van der Waals surface area contributed by atoms with Gasteiger partial charge >= 0.3 is 12.1 Å². The van der Waals surface area contributed by atoms with Crippen molar-refractivity contribution in [3.05, 3.63) is 54.0 Å². The second kappa shape index (κ2) is 8.60. The first-order valence-electron chi connectivity index (χ1n) is 10.2. The number of amides is 1. The SMILES string of the molecule is COC(=O)[C@H]1CC[C@H](n2cc3cc(NC(=O)c4cccc(C(F)(F)F)n4)ccc3n2)CC1. The summed E-state index contributed by atoms with van der Waals surface area (Å²) in [4.78, 5) is 27.5. The van der Waals surface area contributed by atoms with E-state index >= 15 is 0 Å². The van der Waals surface area contributed by atoms with Crippen LogP contribution in [0, 0.1) is 5.92 Å². The van der Waals surface area contributed by atoms with Gasteiger partial charge in [-0.05, 0) is 56.0 Å². The van der Waals surface area contributed by atoms with Crippen LogP contribution in [0.15, 0.2) is 42.6 Å². The van der Waals surface area contributed by atoms with E-state index in [2.05, 4.69) is 15.4 Å². The largest absolute Gasteiger partial charge is 0.469 e. The fraction of sp³-hybridized carbons (Fsp3) is 0.364. The molecule has 1 aromatic carbocycles. The van der Waals surface area contributed by atoms with Gasteiger partial charge in [-0.1, -0.05) is 6.07 Å². The van der Waals surface area contributed by atoms with Crippen LogP contribution < -0.4 is 5.32 Å². The van der Waals surface area contributed by atoms with Crippen molar-refractivity contribution in [2.45, 2.75) is 37.9 Å². The lowest BCUT2D eigenvalue weighted by Crippen LogP contribution is -2.24. The third kappa shape index (κ3) is 4.58. The first-order chi connectivity index (χ1) is 15.2. The van der Waals surface area contributed by atoms with E-state index < -0.39 is 17.8 Å². The summed E-state index contributed by atoms with van der Waals surface area (Å²) in [7, 11) is 1.40. The molecule has 1 aliphatic rings. The zero-order valence-electron chi connectivity index (χ0n) is 17.2. The number of aromatic nitrogens is 3. The average molecular weight is 446 g/mol. The minimum atomic E-state index is -4.63. The minimum absolute atomic E-state index is 0.0764. The fourth-order valence-electron chi connectivity index (χ4n) is 3.97. The average Bonchev–Trinajstić information content (AvgIpc) is 3.21. The molecule has 10 heteroatoms. The Balaban J connectivity index is 1.47. The molecule has 168 valence electrons. The third-order valence-corrected chi connectivity index (χ3v) is 5.66. The smallest absolute Gasteiger partial charge is 0.433 e. The maximum Gasteiger partial charge on any atom is 0.433 e. The molecule has 32 heavy (non-hydrogen) atoms. The number of nitrogens with zero attached hydrogens (tertiary/aromatic N) is 3. The Kier molecular flexibility index (Phi) is 5.86. The molecule has 1 N–H and O–H groups in total. The van der Waals surface area contributed by atoms with Crippen LogP contribution in [0.4, 0.5) is 18.9 Å². The summed E-state index contributed by atoms with van der Waals surface area (Å²) in [5.41, 5.74) is -0.285. The molecule has 1 aliphatic carbocycles. The number of esters is 1. The predicted octanol–water partition coefficient (Wildman–Crippen LogP) is 4.61. The Morgan fingerprint density at radius 3 is 2.56 bits per heavy atom. The second-order valence-corrected chi connectivity index (χ2v) is 7.77. The van der Waals surface area contributed by atoms with Gasteiger partial charge in [0.2, 0.25) is 0 Å². The summed E-state index contributed by atoms with van der Waals surface area (Å²) >= 11 is 0. The molecule has 3 aromatic rings. The number of alkyl halides is 3. The van der Waals surface area contributed by atoms with E-state index in [4.69, 9.17) is 4.74 Å². The normalized spacial score (nSPS) is 19.0. The Bertz CT molecular complexity index is 1150. The van der Waals surface area contributed by atoms with Crippen LogP contribution in [0.3, 0.4) is 0 Å². The number of carbonyl (C=O) groups excluding carboxylic acids is 2. The van der Waals surface area contributed by atoms with Crippen LogP contribution in [-0.4, -0.2) is 33.8 Å². The number of hydrogen-bond donors (Lipinski definition) is 1. The minimum Gasteiger partial charge on any atom is -0.469 e. The Hall–Kier alpha value is -3.43. The lowest BCUT2D eigenvalue weighted by molar-refractivity contribution is -0.146. The Morgan fingerprint density at radius 1 is 1.12 bits per heavy atom. The molecule has 1 amide bonds. The molecule has 0 spiro atoms. The lowest BCUT2D eigenvalue weighted by Gasteiger charge is -2.26. The molecule has 0 atom stereocenters. The van der Waals surface area contributed by atoms with E-state index in [0.717, 1.165) is 48.7 Å². The zero-order valence-corrected chi connectivity index (χ0v) is 17.2.